The highest BCUT2D eigenvalue weighted by atomic mass is 35.5. The van der Waals surface area contributed by atoms with Crippen molar-refractivity contribution in [2.45, 2.75) is 38.0 Å². The van der Waals surface area contributed by atoms with Crippen LogP contribution < -0.4 is 10.6 Å². The van der Waals surface area contributed by atoms with Crippen LogP contribution in [0.15, 0.2) is 18.2 Å². The van der Waals surface area contributed by atoms with E-state index < -0.39 is 0 Å². The Morgan fingerprint density at radius 1 is 1.30 bits per heavy atom. The smallest absolute Gasteiger partial charge is 0.0595 e. The van der Waals surface area contributed by atoms with Gasteiger partial charge in [-0.05, 0) is 63.0 Å². The van der Waals surface area contributed by atoms with E-state index in [1.807, 2.05) is 6.07 Å². The molecule has 0 aromatic heterocycles. The Labute approximate surface area is 132 Å². The van der Waals surface area contributed by atoms with Crippen LogP contribution in [0.25, 0.3) is 0 Å². The maximum atomic E-state index is 6.21. The highest BCUT2D eigenvalue weighted by Crippen LogP contribution is 2.38. The summed E-state index contributed by atoms with van der Waals surface area (Å²) < 4.78 is 0. The summed E-state index contributed by atoms with van der Waals surface area (Å²) in [5, 5.41) is 8.27. The van der Waals surface area contributed by atoms with Crippen LogP contribution in [0.4, 0.5) is 0 Å². The van der Waals surface area contributed by atoms with E-state index in [1.54, 1.807) is 0 Å². The van der Waals surface area contributed by atoms with Gasteiger partial charge in [0.15, 0.2) is 0 Å². The third-order valence-electron chi connectivity index (χ3n) is 4.26. The summed E-state index contributed by atoms with van der Waals surface area (Å²) in [4.78, 5) is 0. The van der Waals surface area contributed by atoms with Crippen molar-refractivity contribution in [3.05, 3.63) is 33.8 Å². The molecule has 0 bridgehead atoms. The number of benzene rings is 1. The first kappa shape index (κ1) is 16.1. The number of hydrogen-bond donors (Lipinski definition) is 2. The van der Waals surface area contributed by atoms with Gasteiger partial charge >= 0.3 is 0 Å². The van der Waals surface area contributed by atoms with Gasteiger partial charge in [0.25, 0.3) is 0 Å². The Kier molecular flexibility index (Phi) is 6.16. The Morgan fingerprint density at radius 2 is 2.15 bits per heavy atom. The molecule has 1 heterocycles. The van der Waals surface area contributed by atoms with E-state index in [-0.39, 0.29) is 5.41 Å². The first-order chi connectivity index (χ1) is 9.68. The molecule has 0 saturated carbocycles. The molecule has 1 saturated heterocycles. The molecular weight excluding hydrogens is 291 g/mol. The molecule has 2 rings (SSSR count). The highest BCUT2D eigenvalue weighted by molar-refractivity contribution is 6.42. The largest absolute Gasteiger partial charge is 0.317 e. The van der Waals surface area contributed by atoms with E-state index in [9.17, 15) is 0 Å². The quantitative estimate of drug-likeness (QED) is 0.775. The molecule has 0 radical (unpaired) electrons. The second-order valence-corrected chi connectivity index (χ2v) is 6.46. The zero-order chi connectivity index (χ0) is 14.4. The molecule has 1 unspecified atom stereocenters. The molecule has 1 aliphatic rings. The SMILES string of the molecule is CCNCCCC1(c2ccc(Cl)c(Cl)c2)CCCNC1. The lowest BCUT2D eigenvalue weighted by Gasteiger charge is -2.39. The fraction of sp³-hybridized carbons (Fsp3) is 0.625. The summed E-state index contributed by atoms with van der Waals surface area (Å²) in [6.45, 7) is 6.43. The molecule has 1 aliphatic heterocycles. The highest BCUT2D eigenvalue weighted by Gasteiger charge is 2.33. The second kappa shape index (κ2) is 7.65. The molecule has 2 nitrogen and oxygen atoms in total. The van der Waals surface area contributed by atoms with E-state index in [4.69, 9.17) is 23.2 Å². The Morgan fingerprint density at radius 3 is 2.80 bits per heavy atom. The lowest BCUT2D eigenvalue weighted by Crippen LogP contribution is -2.43. The summed E-state index contributed by atoms with van der Waals surface area (Å²) >= 11 is 12.3. The first-order valence-corrected chi connectivity index (χ1v) is 8.30. The van der Waals surface area contributed by atoms with Crippen molar-refractivity contribution in [3.8, 4) is 0 Å². The topological polar surface area (TPSA) is 24.1 Å². The summed E-state index contributed by atoms with van der Waals surface area (Å²) in [5.74, 6) is 0. The van der Waals surface area contributed by atoms with E-state index in [1.165, 1.54) is 31.2 Å². The Balaban J connectivity index is 2.14. The van der Waals surface area contributed by atoms with Crippen molar-refractivity contribution in [3.63, 3.8) is 0 Å². The van der Waals surface area contributed by atoms with Crippen LogP contribution in [0, 0.1) is 0 Å². The van der Waals surface area contributed by atoms with Gasteiger partial charge in [-0.25, -0.2) is 0 Å². The molecule has 1 aromatic rings. The van der Waals surface area contributed by atoms with Crippen molar-refractivity contribution in [1.29, 1.82) is 0 Å². The second-order valence-electron chi connectivity index (χ2n) is 5.65. The van der Waals surface area contributed by atoms with E-state index in [2.05, 4.69) is 29.7 Å². The number of rotatable bonds is 6. The minimum Gasteiger partial charge on any atom is -0.317 e. The van der Waals surface area contributed by atoms with Crippen LogP contribution >= 0.6 is 23.2 Å². The van der Waals surface area contributed by atoms with Gasteiger partial charge in [0.1, 0.15) is 0 Å². The average Bonchev–Trinajstić information content (AvgIpc) is 2.47. The molecule has 1 fully saturated rings. The normalized spacial score (nSPS) is 22.9. The van der Waals surface area contributed by atoms with Gasteiger partial charge in [-0.2, -0.15) is 0 Å². The number of halogens is 2. The van der Waals surface area contributed by atoms with Gasteiger partial charge in [0.05, 0.1) is 10.0 Å². The molecule has 1 atom stereocenters. The van der Waals surface area contributed by atoms with Crippen LogP contribution in [-0.4, -0.2) is 26.2 Å². The standard InChI is InChI=1S/C16H24Cl2N2/c1-2-19-9-3-7-16(8-4-10-20-12-16)13-5-6-14(17)15(18)11-13/h5-6,11,19-20H,2-4,7-10,12H2,1H3. The van der Waals surface area contributed by atoms with Crippen molar-refractivity contribution >= 4 is 23.2 Å². The number of piperidine rings is 1. The summed E-state index contributed by atoms with van der Waals surface area (Å²) in [7, 11) is 0. The summed E-state index contributed by atoms with van der Waals surface area (Å²) in [6.07, 6.45) is 4.83. The number of hydrogen-bond acceptors (Lipinski definition) is 2. The molecule has 20 heavy (non-hydrogen) atoms. The van der Waals surface area contributed by atoms with Gasteiger partial charge in [0.2, 0.25) is 0 Å². The zero-order valence-corrected chi connectivity index (χ0v) is 13.7. The third kappa shape index (κ3) is 3.88. The molecule has 2 N–H and O–H groups in total. The first-order valence-electron chi connectivity index (χ1n) is 7.55. The predicted molar refractivity (Wildman–Crippen MR) is 88.0 cm³/mol. The maximum Gasteiger partial charge on any atom is 0.0595 e. The predicted octanol–water partition coefficient (Wildman–Crippen LogP) is 4.00. The van der Waals surface area contributed by atoms with Gasteiger partial charge in [-0.3, -0.25) is 0 Å². The van der Waals surface area contributed by atoms with E-state index in [0.29, 0.717) is 10.0 Å². The monoisotopic (exact) mass is 314 g/mol. The van der Waals surface area contributed by atoms with Crippen LogP contribution in [0.1, 0.15) is 38.2 Å². The molecule has 4 heteroatoms. The van der Waals surface area contributed by atoms with Crippen LogP contribution in [0.5, 0.6) is 0 Å². The van der Waals surface area contributed by atoms with E-state index >= 15 is 0 Å². The average molecular weight is 315 g/mol. The van der Waals surface area contributed by atoms with Crippen LogP contribution in [0.2, 0.25) is 10.0 Å². The van der Waals surface area contributed by atoms with Gasteiger partial charge in [0, 0.05) is 12.0 Å². The fourth-order valence-electron chi connectivity index (χ4n) is 3.13. The molecule has 1 aromatic carbocycles. The molecule has 0 amide bonds. The molecule has 112 valence electrons. The van der Waals surface area contributed by atoms with Crippen molar-refractivity contribution in [1.82, 2.24) is 10.6 Å². The minimum absolute atomic E-state index is 0.210. The third-order valence-corrected chi connectivity index (χ3v) is 5.00. The fourth-order valence-corrected chi connectivity index (χ4v) is 3.42. The molecule has 0 spiro atoms. The van der Waals surface area contributed by atoms with Crippen molar-refractivity contribution < 1.29 is 0 Å². The van der Waals surface area contributed by atoms with Crippen LogP contribution in [-0.2, 0) is 5.41 Å². The summed E-state index contributed by atoms with van der Waals surface area (Å²) in [5.41, 5.74) is 1.54. The Hall–Kier alpha value is -0.280. The number of nitrogens with one attached hydrogen (secondary N) is 2. The van der Waals surface area contributed by atoms with Crippen molar-refractivity contribution in [2.75, 3.05) is 26.2 Å². The minimum atomic E-state index is 0.210. The van der Waals surface area contributed by atoms with E-state index in [0.717, 1.165) is 26.2 Å². The molecule has 0 aliphatic carbocycles. The lowest BCUT2D eigenvalue weighted by atomic mass is 9.71. The maximum absolute atomic E-state index is 6.21. The summed E-state index contributed by atoms with van der Waals surface area (Å²) in [6, 6.07) is 6.14. The van der Waals surface area contributed by atoms with Crippen molar-refractivity contribution in [2.24, 2.45) is 0 Å². The molecular formula is C16H24Cl2N2. The zero-order valence-electron chi connectivity index (χ0n) is 12.1. The lowest BCUT2D eigenvalue weighted by molar-refractivity contribution is 0.286. The van der Waals surface area contributed by atoms with Crippen LogP contribution in [0.3, 0.4) is 0 Å². The van der Waals surface area contributed by atoms with Gasteiger partial charge in [-0.1, -0.05) is 36.2 Å². The van der Waals surface area contributed by atoms with Gasteiger partial charge in [-0.15, -0.1) is 0 Å². The van der Waals surface area contributed by atoms with Gasteiger partial charge < -0.3 is 10.6 Å². The Bertz CT molecular complexity index is 428.